The maximum atomic E-state index is 13.0. The molecule has 1 aliphatic carbocycles. The van der Waals surface area contributed by atoms with Gasteiger partial charge in [-0.3, -0.25) is 4.79 Å². The summed E-state index contributed by atoms with van der Waals surface area (Å²) in [7, 11) is 3.25. The molecule has 1 saturated carbocycles. The Labute approximate surface area is 177 Å². The van der Waals surface area contributed by atoms with Crippen LogP contribution in [0.2, 0.25) is 0 Å². The summed E-state index contributed by atoms with van der Waals surface area (Å²) in [6, 6.07) is 26.6. The highest BCUT2D eigenvalue weighted by molar-refractivity contribution is 5.86. The molecule has 1 atom stereocenters. The smallest absolute Gasteiger partial charge is 0.224 e. The molecule has 0 radical (unpaired) electrons. The Morgan fingerprint density at radius 2 is 1.50 bits per heavy atom. The Balaban J connectivity index is 1.44. The first-order chi connectivity index (χ1) is 14.7. The van der Waals surface area contributed by atoms with Gasteiger partial charge in [0, 0.05) is 12.0 Å². The average molecular weight is 402 g/mol. The zero-order chi connectivity index (χ0) is 21.0. The average Bonchev–Trinajstić information content (AvgIpc) is 3.57. The monoisotopic (exact) mass is 401 g/mol. The van der Waals surface area contributed by atoms with E-state index in [0.717, 1.165) is 18.4 Å². The molecule has 0 bridgehead atoms. The van der Waals surface area contributed by atoms with Crippen molar-refractivity contribution in [1.82, 2.24) is 5.32 Å². The standard InChI is InChI=1S/C26H27NO3/c1-29-23-14-13-19(17-24(23)30-2)15-16-27-25(28)22-18-26(22,20-9-5-3-6-10-20)21-11-7-4-8-12-21/h3-14,17,22H,15-16,18H2,1-2H3,(H,27,28). The van der Waals surface area contributed by atoms with Gasteiger partial charge < -0.3 is 14.8 Å². The molecule has 4 nitrogen and oxygen atoms in total. The van der Waals surface area contributed by atoms with Crippen molar-refractivity contribution in [2.75, 3.05) is 20.8 Å². The van der Waals surface area contributed by atoms with Crippen LogP contribution in [-0.2, 0) is 16.6 Å². The highest BCUT2D eigenvalue weighted by Gasteiger charge is 2.59. The first-order valence-corrected chi connectivity index (χ1v) is 10.3. The molecule has 0 saturated heterocycles. The number of rotatable bonds is 8. The second-order valence-electron chi connectivity index (χ2n) is 7.69. The molecule has 1 unspecified atom stereocenters. The number of ether oxygens (including phenoxy) is 2. The maximum Gasteiger partial charge on any atom is 0.224 e. The number of carbonyl (C=O) groups excluding carboxylic acids is 1. The first kappa shape index (κ1) is 20.0. The minimum absolute atomic E-state index is 0.0484. The molecule has 0 heterocycles. The minimum Gasteiger partial charge on any atom is -0.493 e. The second-order valence-corrected chi connectivity index (χ2v) is 7.69. The summed E-state index contributed by atoms with van der Waals surface area (Å²) in [5.41, 5.74) is 3.28. The van der Waals surface area contributed by atoms with Gasteiger partial charge in [0.05, 0.1) is 20.1 Å². The largest absolute Gasteiger partial charge is 0.493 e. The molecule has 4 heteroatoms. The van der Waals surface area contributed by atoms with Gasteiger partial charge in [-0.25, -0.2) is 0 Å². The lowest BCUT2D eigenvalue weighted by Gasteiger charge is -2.19. The topological polar surface area (TPSA) is 47.6 Å². The fraction of sp³-hybridized carbons (Fsp3) is 0.269. The fourth-order valence-corrected chi connectivity index (χ4v) is 4.34. The normalized spacial score (nSPS) is 16.5. The maximum absolute atomic E-state index is 13.0. The van der Waals surface area contributed by atoms with Crippen molar-refractivity contribution in [1.29, 1.82) is 0 Å². The van der Waals surface area contributed by atoms with E-state index in [2.05, 4.69) is 29.6 Å². The predicted molar refractivity (Wildman–Crippen MR) is 118 cm³/mol. The number of benzene rings is 3. The van der Waals surface area contributed by atoms with Crippen LogP contribution >= 0.6 is 0 Å². The third kappa shape index (κ3) is 3.78. The zero-order valence-corrected chi connectivity index (χ0v) is 17.4. The predicted octanol–water partition coefficient (Wildman–Crippen LogP) is 4.37. The van der Waals surface area contributed by atoms with E-state index in [-0.39, 0.29) is 17.2 Å². The van der Waals surface area contributed by atoms with Crippen LogP contribution in [-0.4, -0.2) is 26.7 Å². The number of amides is 1. The molecule has 1 amide bonds. The van der Waals surface area contributed by atoms with Gasteiger partial charge >= 0.3 is 0 Å². The summed E-state index contributed by atoms with van der Waals surface area (Å²) in [5, 5.41) is 3.14. The van der Waals surface area contributed by atoms with E-state index in [1.54, 1.807) is 14.2 Å². The van der Waals surface area contributed by atoms with E-state index in [0.29, 0.717) is 18.0 Å². The number of carbonyl (C=O) groups is 1. The summed E-state index contributed by atoms with van der Waals surface area (Å²) in [6.45, 7) is 0.588. The van der Waals surface area contributed by atoms with Crippen LogP contribution < -0.4 is 14.8 Å². The Morgan fingerprint density at radius 1 is 0.900 bits per heavy atom. The molecule has 3 aromatic carbocycles. The summed E-state index contributed by atoms with van der Waals surface area (Å²) in [6.07, 6.45) is 1.58. The molecule has 0 aromatic heterocycles. The lowest BCUT2D eigenvalue weighted by Crippen LogP contribution is -2.30. The van der Waals surface area contributed by atoms with Gasteiger partial charge in [-0.15, -0.1) is 0 Å². The summed E-state index contributed by atoms with van der Waals surface area (Å²) in [5.74, 6) is 1.48. The van der Waals surface area contributed by atoms with E-state index in [4.69, 9.17) is 9.47 Å². The van der Waals surface area contributed by atoms with Crippen LogP contribution in [0.15, 0.2) is 78.9 Å². The van der Waals surface area contributed by atoms with Gasteiger partial charge in [0.2, 0.25) is 5.91 Å². The molecule has 4 rings (SSSR count). The van der Waals surface area contributed by atoms with Crippen LogP contribution in [0, 0.1) is 5.92 Å². The third-order valence-corrected chi connectivity index (χ3v) is 6.02. The summed E-state index contributed by atoms with van der Waals surface area (Å²) < 4.78 is 10.7. The molecular formula is C26H27NO3. The van der Waals surface area contributed by atoms with Gasteiger partial charge in [0.25, 0.3) is 0 Å². The van der Waals surface area contributed by atoms with Crippen molar-refractivity contribution in [2.45, 2.75) is 18.3 Å². The molecule has 1 fully saturated rings. The van der Waals surface area contributed by atoms with Crippen molar-refractivity contribution in [3.8, 4) is 11.5 Å². The van der Waals surface area contributed by atoms with Gasteiger partial charge in [0.1, 0.15) is 0 Å². The summed E-state index contributed by atoms with van der Waals surface area (Å²) in [4.78, 5) is 13.0. The zero-order valence-electron chi connectivity index (χ0n) is 17.4. The van der Waals surface area contributed by atoms with Crippen molar-refractivity contribution >= 4 is 5.91 Å². The second kappa shape index (κ2) is 8.62. The van der Waals surface area contributed by atoms with Crippen LogP contribution in [0.4, 0.5) is 0 Å². The van der Waals surface area contributed by atoms with E-state index in [1.807, 2.05) is 54.6 Å². The first-order valence-electron chi connectivity index (χ1n) is 10.3. The Hall–Kier alpha value is -3.27. The Kier molecular flexibility index (Phi) is 5.75. The van der Waals surface area contributed by atoms with Crippen LogP contribution in [0.1, 0.15) is 23.1 Å². The van der Waals surface area contributed by atoms with Crippen molar-refractivity contribution in [3.05, 3.63) is 95.6 Å². The molecule has 30 heavy (non-hydrogen) atoms. The number of hydrogen-bond acceptors (Lipinski definition) is 3. The van der Waals surface area contributed by atoms with Crippen molar-refractivity contribution in [2.24, 2.45) is 5.92 Å². The Bertz CT molecular complexity index is 962. The highest BCUT2D eigenvalue weighted by Crippen LogP contribution is 2.58. The molecular weight excluding hydrogens is 374 g/mol. The van der Waals surface area contributed by atoms with E-state index >= 15 is 0 Å². The van der Waals surface area contributed by atoms with Gasteiger partial charge in [-0.1, -0.05) is 66.7 Å². The number of methoxy groups -OCH3 is 2. The van der Waals surface area contributed by atoms with Crippen molar-refractivity contribution in [3.63, 3.8) is 0 Å². The van der Waals surface area contributed by atoms with Crippen molar-refractivity contribution < 1.29 is 14.3 Å². The van der Waals surface area contributed by atoms with Crippen LogP contribution in [0.25, 0.3) is 0 Å². The van der Waals surface area contributed by atoms with E-state index < -0.39 is 0 Å². The SMILES string of the molecule is COc1ccc(CCNC(=O)C2CC2(c2ccccc2)c2ccccc2)cc1OC. The molecule has 3 aromatic rings. The molecule has 0 aliphatic heterocycles. The highest BCUT2D eigenvalue weighted by atomic mass is 16.5. The minimum atomic E-state index is -0.226. The molecule has 1 aliphatic rings. The quantitative estimate of drug-likeness (QED) is 0.610. The molecule has 154 valence electrons. The van der Waals surface area contributed by atoms with Gasteiger partial charge in [-0.2, -0.15) is 0 Å². The molecule has 0 spiro atoms. The van der Waals surface area contributed by atoms with Crippen LogP contribution in [0.5, 0.6) is 11.5 Å². The lowest BCUT2D eigenvalue weighted by molar-refractivity contribution is -0.122. The summed E-state index contributed by atoms with van der Waals surface area (Å²) >= 11 is 0. The van der Waals surface area contributed by atoms with E-state index in [1.165, 1.54) is 11.1 Å². The fourth-order valence-electron chi connectivity index (χ4n) is 4.34. The Morgan fingerprint density at radius 3 is 2.07 bits per heavy atom. The van der Waals surface area contributed by atoms with Gasteiger partial charge in [0.15, 0.2) is 11.5 Å². The number of hydrogen-bond donors (Lipinski definition) is 1. The van der Waals surface area contributed by atoms with Crippen LogP contribution in [0.3, 0.4) is 0 Å². The lowest BCUT2D eigenvalue weighted by atomic mass is 9.85. The van der Waals surface area contributed by atoms with Gasteiger partial charge in [-0.05, 0) is 41.7 Å². The van der Waals surface area contributed by atoms with E-state index in [9.17, 15) is 4.79 Å². The number of nitrogens with one attached hydrogen (secondary N) is 1. The molecule has 1 N–H and O–H groups in total. The third-order valence-electron chi connectivity index (χ3n) is 6.02.